The third kappa shape index (κ3) is 6.52. The van der Waals surface area contributed by atoms with Gasteiger partial charge in [0.25, 0.3) is 5.97 Å². The first-order chi connectivity index (χ1) is 17.9. The van der Waals surface area contributed by atoms with Gasteiger partial charge in [0.15, 0.2) is 11.5 Å². The third-order valence-electron chi connectivity index (χ3n) is 6.20. The number of carboxylic acids is 1. The van der Waals surface area contributed by atoms with Gasteiger partial charge in [-0.3, -0.25) is 10.1 Å². The first-order valence-corrected chi connectivity index (χ1v) is 12.3. The Hall–Kier alpha value is -3.77. The molecule has 12 nitrogen and oxygen atoms in total. The second kappa shape index (κ2) is 12.0. The van der Waals surface area contributed by atoms with Gasteiger partial charge in [-0.25, -0.2) is 19.4 Å². The molecular formula is C25H33N7O5. The van der Waals surface area contributed by atoms with E-state index in [1.54, 1.807) is 0 Å². The molecule has 4 heterocycles. The molecular weight excluding hydrogens is 478 g/mol. The van der Waals surface area contributed by atoms with Gasteiger partial charge in [-0.1, -0.05) is 0 Å². The van der Waals surface area contributed by atoms with E-state index in [0.717, 1.165) is 68.4 Å². The highest BCUT2D eigenvalue weighted by Gasteiger charge is 2.25. The van der Waals surface area contributed by atoms with Crippen molar-refractivity contribution in [3.05, 3.63) is 30.5 Å². The van der Waals surface area contributed by atoms with Crippen molar-refractivity contribution < 1.29 is 24.2 Å². The Morgan fingerprint density at radius 1 is 1.19 bits per heavy atom. The summed E-state index contributed by atoms with van der Waals surface area (Å²) in [6.07, 6.45) is 3.58. The maximum Gasteiger partial charge on any atom is 0.411 e. The Kier molecular flexibility index (Phi) is 8.51. The molecule has 1 amide bonds. The van der Waals surface area contributed by atoms with Crippen molar-refractivity contribution in [3.8, 4) is 11.4 Å². The Morgan fingerprint density at radius 2 is 1.89 bits per heavy atom. The van der Waals surface area contributed by atoms with Gasteiger partial charge in [0.1, 0.15) is 5.82 Å². The lowest BCUT2D eigenvalue weighted by molar-refractivity contribution is -0.134. The first kappa shape index (κ1) is 26.3. The average molecular weight is 512 g/mol. The molecule has 3 N–H and O–H groups in total. The van der Waals surface area contributed by atoms with E-state index in [-0.39, 0.29) is 6.10 Å². The summed E-state index contributed by atoms with van der Waals surface area (Å²) in [5.74, 6) is 0.694. The molecule has 198 valence electrons. The van der Waals surface area contributed by atoms with Crippen LogP contribution in [0.3, 0.4) is 0 Å². The molecule has 1 unspecified atom stereocenters. The summed E-state index contributed by atoms with van der Waals surface area (Å²) in [6.45, 7) is 7.33. The number of morpholine rings is 1. The van der Waals surface area contributed by atoms with Crippen LogP contribution in [0.15, 0.2) is 30.5 Å². The molecule has 2 aromatic heterocycles. The number of amides is 1. The van der Waals surface area contributed by atoms with Crippen LogP contribution in [0.5, 0.6) is 0 Å². The van der Waals surface area contributed by atoms with Crippen molar-refractivity contribution >= 4 is 34.6 Å². The molecule has 1 atom stereocenters. The number of carbonyl (C=O) groups is 2. The van der Waals surface area contributed by atoms with E-state index in [0.29, 0.717) is 24.2 Å². The quantitative estimate of drug-likeness (QED) is 0.478. The van der Waals surface area contributed by atoms with Crippen LogP contribution >= 0.6 is 0 Å². The second-order valence-corrected chi connectivity index (χ2v) is 9.02. The molecule has 0 saturated carbocycles. The van der Waals surface area contributed by atoms with Gasteiger partial charge < -0.3 is 24.8 Å². The minimum atomic E-state index is -0.833. The zero-order chi connectivity index (χ0) is 26.4. The molecule has 1 aromatic carbocycles. The number of piperidine rings is 1. The molecule has 12 heteroatoms. The topological polar surface area (TPSA) is 144 Å². The maximum atomic E-state index is 11.5. The summed E-state index contributed by atoms with van der Waals surface area (Å²) in [5.41, 5.74) is 2.37. The molecule has 3 aromatic rings. The number of nitrogens with one attached hydrogen (secondary N) is 2. The minimum absolute atomic E-state index is 0.135. The number of benzene rings is 1. The van der Waals surface area contributed by atoms with Crippen LogP contribution in [-0.4, -0.2) is 82.9 Å². The van der Waals surface area contributed by atoms with Crippen LogP contribution < -0.4 is 15.5 Å². The van der Waals surface area contributed by atoms with Gasteiger partial charge in [0.05, 0.1) is 37.4 Å². The summed E-state index contributed by atoms with van der Waals surface area (Å²) in [4.78, 5) is 32.7. The molecule has 0 spiro atoms. The summed E-state index contributed by atoms with van der Waals surface area (Å²) >= 11 is 0. The number of aromatic nitrogens is 4. The average Bonchev–Trinajstić information content (AvgIpc) is 3.33. The fourth-order valence-corrected chi connectivity index (χ4v) is 4.48. The van der Waals surface area contributed by atoms with Gasteiger partial charge in [0.2, 0.25) is 0 Å². The summed E-state index contributed by atoms with van der Waals surface area (Å²) in [5, 5.41) is 19.2. The normalized spacial score (nSPS) is 18.1. The lowest BCUT2D eigenvalue weighted by Crippen LogP contribution is -2.41. The Balaban J connectivity index is 0.000000747. The predicted molar refractivity (Wildman–Crippen MR) is 139 cm³/mol. The zero-order valence-corrected chi connectivity index (χ0v) is 21.3. The van der Waals surface area contributed by atoms with Crippen LogP contribution in [0.2, 0.25) is 0 Å². The van der Waals surface area contributed by atoms with E-state index in [1.807, 2.05) is 30.5 Å². The molecule has 2 aliphatic rings. The highest BCUT2D eigenvalue weighted by atomic mass is 16.5. The number of hydrogen-bond acceptors (Lipinski definition) is 9. The number of carboxylic acid groups (broad SMARTS) is 1. The number of ether oxygens (including phenoxy) is 2. The van der Waals surface area contributed by atoms with Crippen molar-refractivity contribution in [2.45, 2.75) is 38.8 Å². The Labute approximate surface area is 215 Å². The summed E-state index contributed by atoms with van der Waals surface area (Å²) in [7, 11) is 1.34. The van der Waals surface area contributed by atoms with Crippen LogP contribution in [0.4, 0.5) is 16.3 Å². The van der Waals surface area contributed by atoms with Crippen molar-refractivity contribution in [2.24, 2.45) is 0 Å². The third-order valence-corrected chi connectivity index (χ3v) is 6.20. The maximum absolute atomic E-state index is 11.5. The number of hydrogen-bond donors (Lipinski definition) is 3. The van der Waals surface area contributed by atoms with Gasteiger partial charge in [-0.2, -0.15) is 5.10 Å². The summed E-state index contributed by atoms with van der Waals surface area (Å²) in [6, 6.07) is 7.77. The number of nitrogens with zero attached hydrogens (tertiary/aromatic N) is 5. The van der Waals surface area contributed by atoms with E-state index >= 15 is 0 Å². The highest BCUT2D eigenvalue weighted by Crippen LogP contribution is 2.32. The van der Waals surface area contributed by atoms with Crippen molar-refractivity contribution in [1.82, 2.24) is 25.1 Å². The van der Waals surface area contributed by atoms with Crippen molar-refractivity contribution in [1.29, 1.82) is 0 Å². The number of aliphatic carboxylic acids is 1. The fraction of sp³-hybridized carbons (Fsp3) is 0.480. The molecule has 0 aliphatic carbocycles. The standard InChI is InChI=1S/C23H29N7O3.C2H4O2/c1-15-14-29(11-12-33-15)21-19-13-25-30(18-7-9-24-10-8-18)22(19)28-20(27-21)16-3-5-17(6-4-16)26-23(31)32-2;1-2(3)4/h3-6,13,15,18,24H,7-12,14H2,1-2H3,(H,26,31);1H3,(H,3,4). The SMILES string of the molecule is CC(=O)O.COC(=O)Nc1ccc(-c2nc(N3CCOC(C)C3)c3cnn(C4CCNCC4)c3n2)cc1. The molecule has 37 heavy (non-hydrogen) atoms. The van der Waals surface area contributed by atoms with E-state index < -0.39 is 12.1 Å². The van der Waals surface area contributed by atoms with Crippen molar-refractivity contribution in [3.63, 3.8) is 0 Å². The van der Waals surface area contributed by atoms with E-state index in [2.05, 4.69) is 31.9 Å². The van der Waals surface area contributed by atoms with Gasteiger partial charge in [-0.05, 0) is 57.1 Å². The lowest BCUT2D eigenvalue weighted by atomic mass is 10.1. The molecule has 0 radical (unpaired) electrons. The number of methoxy groups -OCH3 is 1. The van der Waals surface area contributed by atoms with E-state index in [4.69, 9.17) is 29.7 Å². The van der Waals surface area contributed by atoms with Crippen LogP contribution in [0.25, 0.3) is 22.4 Å². The van der Waals surface area contributed by atoms with Gasteiger partial charge >= 0.3 is 6.09 Å². The predicted octanol–water partition coefficient (Wildman–Crippen LogP) is 2.91. The largest absolute Gasteiger partial charge is 0.481 e. The van der Waals surface area contributed by atoms with Crippen LogP contribution in [0, 0.1) is 0 Å². The molecule has 2 aliphatic heterocycles. The Morgan fingerprint density at radius 3 is 2.54 bits per heavy atom. The zero-order valence-electron chi connectivity index (χ0n) is 21.3. The molecule has 0 bridgehead atoms. The van der Waals surface area contributed by atoms with Crippen molar-refractivity contribution in [2.75, 3.05) is 50.1 Å². The van der Waals surface area contributed by atoms with E-state index in [9.17, 15) is 4.79 Å². The first-order valence-electron chi connectivity index (χ1n) is 12.3. The van der Waals surface area contributed by atoms with Gasteiger partial charge in [0, 0.05) is 31.3 Å². The number of anilines is 2. The number of rotatable bonds is 4. The van der Waals surface area contributed by atoms with Gasteiger partial charge in [-0.15, -0.1) is 0 Å². The second-order valence-electron chi connectivity index (χ2n) is 9.02. The number of carbonyl (C=O) groups excluding carboxylic acids is 1. The lowest BCUT2D eigenvalue weighted by Gasteiger charge is -2.32. The monoisotopic (exact) mass is 511 g/mol. The molecule has 2 saturated heterocycles. The summed E-state index contributed by atoms with van der Waals surface area (Å²) < 4.78 is 12.5. The Bertz CT molecular complexity index is 1220. The smallest absolute Gasteiger partial charge is 0.411 e. The van der Waals surface area contributed by atoms with Crippen LogP contribution in [-0.2, 0) is 14.3 Å². The molecule has 2 fully saturated rings. The van der Waals surface area contributed by atoms with Crippen LogP contribution in [0.1, 0.15) is 32.7 Å². The fourth-order valence-electron chi connectivity index (χ4n) is 4.48. The minimum Gasteiger partial charge on any atom is -0.481 e. The highest BCUT2D eigenvalue weighted by molar-refractivity contribution is 5.89. The number of fused-ring (bicyclic) bond motifs is 1. The molecule has 5 rings (SSSR count). The van der Waals surface area contributed by atoms with E-state index in [1.165, 1.54) is 7.11 Å².